The number of hydrogen-bond acceptors (Lipinski definition) is 4. The van der Waals surface area contributed by atoms with Crippen molar-refractivity contribution in [1.82, 2.24) is 0 Å². The zero-order valence-electron chi connectivity index (χ0n) is 11.4. The summed E-state index contributed by atoms with van der Waals surface area (Å²) in [5, 5.41) is 9.01. The second kappa shape index (κ2) is 7.87. The normalized spacial score (nSPS) is 18.7. The molecule has 1 aliphatic rings. The number of carboxylic acids is 1. The van der Waals surface area contributed by atoms with Crippen LogP contribution >= 0.6 is 0 Å². The predicted octanol–water partition coefficient (Wildman–Crippen LogP) is 2.35. The zero-order chi connectivity index (χ0) is 14.2. The van der Waals surface area contributed by atoms with Crippen molar-refractivity contribution in [2.75, 3.05) is 26.4 Å². The van der Waals surface area contributed by atoms with Crippen LogP contribution in [-0.4, -0.2) is 43.6 Å². The third kappa shape index (κ3) is 4.51. The highest BCUT2D eigenvalue weighted by Crippen LogP contribution is 2.17. The summed E-state index contributed by atoms with van der Waals surface area (Å²) in [7, 11) is 0. The van der Waals surface area contributed by atoms with Gasteiger partial charge in [-0.1, -0.05) is 12.1 Å². The van der Waals surface area contributed by atoms with Crippen LogP contribution < -0.4 is 4.74 Å². The number of carbonyl (C=O) groups is 1. The molecule has 1 heterocycles. The Kier molecular flexibility index (Phi) is 5.83. The summed E-state index contributed by atoms with van der Waals surface area (Å²) < 4.78 is 16.5. The van der Waals surface area contributed by atoms with Gasteiger partial charge in [-0.2, -0.15) is 0 Å². The molecule has 0 aromatic heterocycles. The van der Waals surface area contributed by atoms with Crippen molar-refractivity contribution in [2.24, 2.45) is 0 Å². The van der Waals surface area contributed by atoms with E-state index in [1.54, 1.807) is 18.2 Å². The van der Waals surface area contributed by atoms with Crippen LogP contribution in [0.3, 0.4) is 0 Å². The summed E-state index contributed by atoms with van der Waals surface area (Å²) in [5.41, 5.74) is 0.170. The fourth-order valence-electron chi connectivity index (χ4n) is 2.13. The van der Waals surface area contributed by atoms with Crippen molar-refractivity contribution in [1.29, 1.82) is 0 Å². The van der Waals surface area contributed by atoms with Gasteiger partial charge in [0.15, 0.2) is 0 Å². The molecule has 1 unspecified atom stereocenters. The fourth-order valence-corrected chi connectivity index (χ4v) is 2.13. The number of ether oxygens (including phenoxy) is 3. The van der Waals surface area contributed by atoms with Crippen molar-refractivity contribution in [2.45, 2.75) is 25.4 Å². The van der Waals surface area contributed by atoms with Crippen LogP contribution in [0.25, 0.3) is 0 Å². The first-order chi connectivity index (χ1) is 9.77. The largest absolute Gasteiger partial charge is 0.490 e. The van der Waals surface area contributed by atoms with Crippen molar-refractivity contribution in [3.63, 3.8) is 0 Å². The molecule has 0 aliphatic carbocycles. The molecule has 1 aliphatic heterocycles. The van der Waals surface area contributed by atoms with Crippen LogP contribution in [0, 0.1) is 0 Å². The van der Waals surface area contributed by atoms with Crippen molar-refractivity contribution >= 4 is 5.97 Å². The van der Waals surface area contributed by atoms with E-state index >= 15 is 0 Å². The van der Waals surface area contributed by atoms with Gasteiger partial charge in [0, 0.05) is 6.61 Å². The number of benzene rings is 1. The van der Waals surface area contributed by atoms with Crippen molar-refractivity contribution < 1.29 is 24.1 Å². The molecule has 0 saturated carbocycles. The molecule has 0 radical (unpaired) electrons. The third-order valence-corrected chi connectivity index (χ3v) is 3.18. The Balaban J connectivity index is 1.67. The number of carboxylic acid groups (broad SMARTS) is 1. The second-order valence-electron chi connectivity index (χ2n) is 4.71. The average Bonchev–Trinajstić information content (AvgIpc) is 2.48. The first-order valence-electron chi connectivity index (χ1n) is 6.92. The van der Waals surface area contributed by atoms with Crippen LogP contribution in [0.1, 0.15) is 29.6 Å². The van der Waals surface area contributed by atoms with E-state index in [4.69, 9.17) is 19.3 Å². The van der Waals surface area contributed by atoms with E-state index < -0.39 is 5.97 Å². The highest BCUT2D eigenvalue weighted by molar-refractivity contribution is 5.90. The molecular formula is C15H20O5. The molecule has 5 nitrogen and oxygen atoms in total. The van der Waals surface area contributed by atoms with Crippen LogP contribution in [0.5, 0.6) is 5.75 Å². The van der Waals surface area contributed by atoms with E-state index in [1.165, 1.54) is 12.5 Å². The average molecular weight is 280 g/mol. The smallest absolute Gasteiger partial charge is 0.339 e. The topological polar surface area (TPSA) is 65.0 Å². The molecule has 110 valence electrons. The standard InChI is InChI=1S/C15H20O5/c16-15(17)13-6-1-2-7-14(13)20-10-9-18-11-12-5-3-4-8-19-12/h1-2,6-7,12H,3-5,8-11H2,(H,16,17). The summed E-state index contributed by atoms with van der Waals surface area (Å²) in [4.78, 5) is 11.0. The van der Waals surface area contributed by atoms with E-state index in [1.807, 2.05) is 0 Å². The molecule has 1 fully saturated rings. The maximum Gasteiger partial charge on any atom is 0.339 e. The SMILES string of the molecule is O=C(O)c1ccccc1OCCOCC1CCCCO1. The number of hydrogen-bond donors (Lipinski definition) is 1. The van der Waals surface area contributed by atoms with Crippen LogP contribution in [0.4, 0.5) is 0 Å². The zero-order valence-corrected chi connectivity index (χ0v) is 11.4. The number of aromatic carboxylic acids is 1. The lowest BCUT2D eigenvalue weighted by molar-refractivity contribution is -0.0444. The van der Waals surface area contributed by atoms with Crippen LogP contribution in [-0.2, 0) is 9.47 Å². The number of rotatable bonds is 7. The molecule has 0 amide bonds. The molecule has 5 heteroatoms. The second-order valence-corrected chi connectivity index (χ2v) is 4.71. The minimum absolute atomic E-state index is 0.170. The lowest BCUT2D eigenvalue weighted by atomic mass is 10.1. The van der Waals surface area contributed by atoms with Gasteiger partial charge in [0.05, 0.1) is 19.3 Å². The van der Waals surface area contributed by atoms with Gasteiger partial charge in [-0.25, -0.2) is 4.79 Å². The Morgan fingerprint density at radius 2 is 2.15 bits per heavy atom. The summed E-state index contributed by atoms with van der Waals surface area (Å²) in [5.74, 6) is -0.616. The van der Waals surface area contributed by atoms with Crippen LogP contribution in [0.2, 0.25) is 0 Å². The predicted molar refractivity (Wildman–Crippen MR) is 73.3 cm³/mol. The van der Waals surface area contributed by atoms with Crippen LogP contribution in [0.15, 0.2) is 24.3 Å². The van der Waals surface area contributed by atoms with Gasteiger partial charge in [0.2, 0.25) is 0 Å². The van der Waals surface area contributed by atoms with E-state index in [0.29, 0.717) is 25.6 Å². The quantitative estimate of drug-likeness (QED) is 0.777. The third-order valence-electron chi connectivity index (χ3n) is 3.18. The van der Waals surface area contributed by atoms with E-state index in [-0.39, 0.29) is 11.7 Å². The van der Waals surface area contributed by atoms with Gasteiger partial charge in [-0.05, 0) is 31.4 Å². The maximum atomic E-state index is 11.0. The van der Waals surface area contributed by atoms with E-state index in [2.05, 4.69) is 0 Å². The Bertz CT molecular complexity index is 426. The van der Waals surface area contributed by atoms with E-state index in [9.17, 15) is 4.79 Å². The van der Waals surface area contributed by atoms with E-state index in [0.717, 1.165) is 19.4 Å². The summed E-state index contributed by atoms with van der Waals surface area (Å²) in [6.07, 6.45) is 3.56. The fraction of sp³-hybridized carbons (Fsp3) is 0.533. The molecule has 0 bridgehead atoms. The van der Waals surface area contributed by atoms with Gasteiger partial charge in [-0.3, -0.25) is 0 Å². The first kappa shape index (κ1) is 14.8. The summed E-state index contributed by atoms with van der Waals surface area (Å²) >= 11 is 0. The van der Waals surface area contributed by atoms with Gasteiger partial charge in [-0.15, -0.1) is 0 Å². The lowest BCUT2D eigenvalue weighted by Crippen LogP contribution is -2.25. The molecule has 1 saturated heterocycles. The summed E-state index contributed by atoms with van der Waals surface area (Å²) in [6, 6.07) is 6.59. The number of para-hydroxylation sites is 1. The molecule has 20 heavy (non-hydrogen) atoms. The molecule has 2 rings (SSSR count). The summed E-state index contributed by atoms with van der Waals surface area (Å²) in [6.45, 7) is 2.14. The Morgan fingerprint density at radius 1 is 1.30 bits per heavy atom. The minimum atomic E-state index is -0.989. The minimum Gasteiger partial charge on any atom is -0.490 e. The van der Waals surface area contributed by atoms with Gasteiger partial charge in [0.25, 0.3) is 0 Å². The lowest BCUT2D eigenvalue weighted by Gasteiger charge is -2.22. The molecule has 1 atom stereocenters. The van der Waals surface area contributed by atoms with Gasteiger partial charge >= 0.3 is 5.97 Å². The molecule has 0 spiro atoms. The van der Waals surface area contributed by atoms with Gasteiger partial charge < -0.3 is 19.3 Å². The van der Waals surface area contributed by atoms with Crippen molar-refractivity contribution in [3.8, 4) is 5.75 Å². The first-order valence-corrected chi connectivity index (χ1v) is 6.92. The Hall–Kier alpha value is -1.59. The molecular weight excluding hydrogens is 260 g/mol. The maximum absolute atomic E-state index is 11.0. The monoisotopic (exact) mass is 280 g/mol. The molecule has 1 aromatic rings. The Labute approximate surface area is 118 Å². The highest BCUT2D eigenvalue weighted by Gasteiger charge is 2.14. The Morgan fingerprint density at radius 3 is 2.90 bits per heavy atom. The van der Waals surface area contributed by atoms with Crippen molar-refractivity contribution in [3.05, 3.63) is 29.8 Å². The van der Waals surface area contributed by atoms with Gasteiger partial charge in [0.1, 0.15) is 17.9 Å². The molecule has 1 aromatic carbocycles. The highest BCUT2D eigenvalue weighted by atomic mass is 16.5. The molecule has 1 N–H and O–H groups in total.